The van der Waals surface area contributed by atoms with Crippen LogP contribution in [0.2, 0.25) is 0 Å². The maximum absolute atomic E-state index is 11.7. The third-order valence-corrected chi connectivity index (χ3v) is 2.72. The zero-order valence-corrected chi connectivity index (χ0v) is 9.48. The number of carboxylic acids is 1. The molecule has 1 rings (SSSR count). The molecule has 0 aromatic carbocycles. The van der Waals surface area contributed by atoms with Gasteiger partial charge in [-0.1, -0.05) is 13.8 Å². The fourth-order valence-corrected chi connectivity index (χ4v) is 1.15. The number of hydrogen-bond donors (Lipinski definition) is 2. The Morgan fingerprint density at radius 2 is 2.12 bits per heavy atom. The van der Waals surface area contributed by atoms with Gasteiger partial charge in [-0.25, -0.2) is 4.79 Å². The van der Waals surface area contributed by atoms with E-state index in [9.17, 15) is 9.59 Å². The summed E-state index contributed by atoms with van der Waals surface area (Å²) in [6, 6.07) is 3.06. The molecular weight excluding hydrogens is 210 g/mol. The van der Waals surface area contributed by atoms with Crippen molar-refractivity contribution < 1.29 is 19.1 Å². The van der Waals surface area contributed by atoms with E-state index in [1.807, 2.05) is 0 Å². The molecule has 2 N–H and O–H groups in total. The minimum absolute atomic E-state index is 0.105. The smallest absolute Gasteiger partial charge is 0.329 e. The number of amides is 1. The number of carbonyl (C=O) groups is 2. The largest absolute Gasteiger partial charge is 0.480 e. The Balaban J connectivity index is 2.86. The third kappa shape index (κ3) is 2.24. The Hall–Kier alpha value is -1.78. The van der Waals surface area contributed by atoms with E-state index in [0.29, 0.717) is 0 Å². The molecule has 5 heteroatoms. The summed E-state index contributed by atoms with van der Waals surface area (Å²) in [6.45, 7) is 4.94. The van der Waals surface area contributed by atoms with E-state index in [0.717, 1.165) is 0 Å². The van der Waals surface area contributed by atoms with E-state index in [2.05, 4.69) is 5.32 Å². The number of carbonyl (C=O) groups excluding carboxylic acids is 1. The van der Waals surface area contributed by atoms with E-state index in [1.165, 1.54) is 19.3 Å². The Kier molecular flexibility index (Phi) is 3.37. The van der Waals surface area contributed by atoms with E-state index >= 15 is 0 Å². The summed E-state index contributed by atoms with van der Waals surface area (Å²) in [6.07, 6.45) is 1.36. The third-order valence-electron chi connectivity index (χ3n) is 2.72. The summed E-state index contributed by atoms with van der Waals surface area (Å²) in [5.74, 6) is -1.72. The van der Waals surface area contributed by atoms with Crippen molar-refractivity contribution in [2.75, 3.05) is 0 Å². The SMILES string of the molecule is CC(C)C(C)(NC(=O)c1ccco1)C(=O)O. The van der Waals surface area contributed by atoms with Crippen molar-refractivity contribution in [3.8, 4) is 0 Å². The Morgan fingerprint density at radius 3 is 2.50 bits per heavy atom. The molecule has 0 fully saturated rings. The van der Waals surface area contributed by atoms with Crippen molar-refractivity contribution in [1.29, 1.82) is 0 Å². The van der Waals surface area contributed by atoms with Gasteiger partial charge < -0.3 is 14.8 Å². The van der Waals surface area contributed by atoms with Crippen molar-refractivity contribution in [1.82, 2.24) is 5.32 Å². The zero-order valence-electron chi connectivity index (χ0n) is 9.48. The first-order valence-electron chi connectivity index (χ1n) is 4.97. The highest BCUT2D eigenvalue weighted by Crippen LogP contribution is 2.17. The summed E-state index contributed by atoms with van der Waals surface area (Å²) in [7, 11) is 0. The minimum atomic E-state index is -1.30. The van der Waals surface area contributed by atoms with Crippen molar-refractivity contribution >= 4 is 11.9 Å². The van der Waals surface area contributed by atoms with Crippen LogP contribution in [-0.2, 0) is 4.79 Å². The first-order valence-corrected chi connectivity index (χ1v) is 4.97. The molecule has 0 aliphatic carbocycles. The van der Waals surface area contributed by atoms with Crippen LogP contribution in [0.25, 0.3) is 0 Å². The van der Waals surface area contributed by atoms with Gasteiger partial charge in [-0.15, -0.1) is 0 Å². The molecule has 0 radical (unpaired) electrons. The summed E-state index contributed by atoms with van der Waals surface area (Å²) < 4.78 is 4.90. The molecule has 0 aliphatic rings. The van der Waals surface area contributed by atoms with Gasteiger partial charge in [-0.2, -0.15) is 0 Å². The monoisotopic (exact) mass is 225 g/mol. The first-order chi connectivity index (χ1) is 7.38. The summed E-state index contributed by atoms with van der Waals surface area (Å²) in [5, 5.41) is 11.6. The van der Waals surface area contributed by atoms with Gasteiger partial charge in [-0.05, 0) is 25.0 Å². The molecule has 0 saturated heterocycles. The number of nitrogens with one attached hydrogen (secondary N) is 1. The molecule has 0 aliphatic heterocycles. The lowest BCUT2D eigenvalue weighted by atomic mass is 9.88. The second-order valence-electron chi connectivity index (χ2n) is 4.09. The van der Waals surface area contributed by atoms with Crippen LogP contribution >= 0.6 is 0 Å². The Bertz CT molecular complexity index is 383. The topological polar surface area (TPSA) is 79.5 Å². The number of aliphatic carboxylic acids is 1. The van der Waals surface area contributed by atoms with Crippen LogP contribution in [-0.4, -0.2) is 22.5 Å². The zero-order chi connectivity index (χ0) is 12.3. The highest BCUT2D eigenvalue weighted by atomic mass is 16.4. The molecule has 0 saturated carbocycles. The first kappa shape index (κ1) is 12.3. The van der Waals surface area contributed by atoms with Crippen molar-refractivity contribution in [3.05, 3.63) is 24.2 Å². The molecule has 1 amide bonds. The van der Waals surface area contributed by atoms with Gasteiger partial charge in [0, 0.05) is 0 Å². The molecular formula is C11H15NO4. The molecule has 0 bridgehead atoms. The number of rotatable bonds is 4. The van der Waals surface area contributed by atoms with E-state index < -0.39 is 17.4 Å². The van der Waals surface area contributed by atoms with E-state index in [4.69, 9.17) is 9.52 Å². The summed E-state index contributed by atoms with van der Waals surface area (Å²) in [5.41, 5.74) is -1.30. The number of hydrogen-bond acceptors (Lipinski definition) is 3. The van der Waals surface area contributed by atoms with Gasteiger partial charge in [0.25, 0.3) is 5.91 Å². The quantitative estimate of drug-likeness (QED) is 0.814. The highest BCUT2D eigenvalue weighted by molar-refractivity contribution is 5.95. The maximum atomic E-state index is 11.7. The lowest BCUT2D eigenvalue weighted by molar-refractivity contribution is -0.145. The molecule has 0 spiro atoms. The van der Waals surface area contributed by atoms with E-state index in [-0.39, 0.29) is 11.7 Å². The number of furan rings is 1. The summed E-state index contributed by atoms with van der Waals surface area (Å²) >= 11 is 0. The molecule has 1 aromatic rings. The van der Waals surface area contributed by atoms with Gasteiger partial charge >= 0.3 is 5.97 Å². The fraction of sp³-hybridized carbons (Fsp3) is 0.455. The highest BCUT2D eigenvalue weighted by Gasteiger charge is 2.38. The molecule has 1 aromatic heterocycles. The predicted molar refractivity (Wildman–Crippen MR) is 57.1 cm³/mol. The van der Waals surface area contributed by atoms with Crippen molar-refractivity contribution in [2.24, 2.45) is 5.92 Å². The molecule has 1 heterocycles. The van der Waals surface area contributed by atoms with Crippen LogP contribution < -0.4 is 5.32 Å². The molecule has 1 unspecified atom stereocenters. The van der Waals surface area contributed by atoms with Crippen LogP contribution in [0, 0.1) is 5.92 Å². The fourth-order valence-electron chi connectivity index (χ4n) is 1.15. The predicted octanol–water partition coefficient (Wildman–Crippen LogP) is 1.51. The van der Waals surface area contributed by atoms with Crippen LogP contribution in [0.5, 0.6) is 0 Å². The maximum Gasteiger partial charge on any atom is 0.329 e. The Morgan fingerprint density at radius 1 is 1.50 bits per heavy atom. The molecule has 16 heavy (non-hydrogen) atoms. The van der Waals surface area contributed by atoms with Crippen LogP contribution in [0.15, 0.2) is 22.8 Å². The average molecular weight is 225 g/mol. The molecule has 5 nitrogen and oxygen atoms in total. The average Bonchev–Trinajstić information content (AvgIpc) is 2.69. The van der Waals surface area contributed by atoms with Gasteiger partial charge in [-0.3, -0.25) is 4.79 Å². The second kappa shape index (κ2) is 4.38. The van der Waals surface area contributed by atoms with Crippen molar-refractivity contribution in [3.63, 3.8) is 0 Å². The van der Waals surface area contributed by atoms with Gasteiger partial charge in [0.2, 0.25) is 0 Å². The van der Waals surface area contributed by atoms with Crippen molar-refractivity contribution in [2.45, 2.75) is 26.3 Å². The molecule has 88 valence electrons. The van der Waals surface area contributed by atoms with Gasteiger partial charge in [0.1, 0.15) is 5.54 Å². The van der Waals surface area contributed by atoms with Gasteiger partial charge in [0.15, 0.2) is 5.76 Å². The standard InChI is InChI=1S/C11H15NO4/c1-7(2)11(3,10(14)15)12-9(13)8-5-4-6-16-8/h4-7H,1-3H3,(H,12,13)(H,14,15). The number of carboxylic acid groups (broad SMARTS) is 1. The lowest BCUT2D eigenvalue weighted by Gasteiger charge is -2.29. The second-order valence-corrected chi connectivity index (χ2v) is 4.09. The van der Waals surface area contributed by atoms with Crippen LogP contribution in [0.1, 0.15) is 31.3 Å². The van der Waals surface area contributed by atoms with Crippen LogP contribution in [0.3, 0.4) is 0 Å². The Labute approximate surface area is 93.4 Å². The summed E-state index contributed by atoms with van der Waals surface area (Å²) in [4.78, 5) is 22.8. The normalized spacial score (nSPS) is 14.5. The molecule has 1 atom stereocenters. The van der Waals surface area contributed by atoms with Crippen LogP contribution in [0.4, 0.5) is 0 Å². The lowest BCUT2D eigenvalue weighted by Crippen LogP contribution is -2.55. The van der Waals surface area contributed by atoms with Gasteiger partial charge in [0.05, 0.1) is 6.26 Å². The minimum Gasteiger partial charge on any atom is -0.480 e. The van der Waals surface area contributed by atoms with E-state index in [1.54, 1.807) is 19.9 Å².